The summed E-state index contributed by atoms with van der Waals surface area (Å²) in [6.45, 7) is 1.76. The Morgan fingerprint density at radius 3 is 2.68 bits per heavy atom. The third-order valence-corrected chi connectivity index (χ3v) is 3.24. The highest BCUT2D eigenvalue weighted by Crippen LogP contribution is 2.21. The second-order valence-corrected chi connectivity index (χ2v) is 5.20. The smallest absolute Gasteiger partial charge is 0.230 e. The zero-order valence-corrected chi connectivity index (χ0v) is 12.4. The van der Waals surface area contributed by atoms with E-state index in [-0.39, 0.29) is 17.8 Å². The molecule has 0 aliphatic rings. The zero-order chi connectivity index (χ0) is 15.9. The van der Waals surface area contributed by atoms with Gasteiger partial charge in [-0.25, -0.2) is 4.39 Å². The molecule has 2 rings (SSSR count). The number of aliphatic hydroxyl groups excluding tert-OH is 1. The maximum Gasteiger partial charge on any atom is 0.230 e. The quantitative estimate of drug-likeness (QED) is 0.801. The van der Waals surface area contributed by atoms with Gasteiger partial charge in [-0.1, -0.05) is 24.3 Å². The van der Waals surface area contributed by atoms with E-state index in [0.717, 1.165) is 19.3 Å². The van der Waals surface area contributed by atoms with Crippen molar-refractivity contribution < 1.29 is 14.6 Å². The Morgan fingerprint density at radius 1 is 1.23 bits per heavy atom. The van der Waals surface area contributed by atoms with E-state index in [0.29, 0.717) is 16.8 Å². The minimum absolute atomic E-state index is 0.166. The Morgan fingerprint density at radius 2 is 2.05 bits per heavy atom. The van der Waals surface area contributed by atoms with Crippen LogP contribution in [0.3, 0.4) is 0 Å². The molecule has 0 saturated heterocycles. The Kier molecular flexibility index (Phi) is 5.61. The molecule has 2 N–H and O–H groups in total. The maximum absolute atomic E-state index is 14.1. The molecule has 1 atom stereocenters. The van der Waals surface area contributed by atoms with Gasteiger partial charge in [0.15, 0.2) is 0 Å². The molecule has 1 heterocycles. The number of aromatic nitrogens is 2. The third-order valence-electron chi connectivity index (χ3n) is 3.24. The molecule has 116 valence electrons. The lowest BCUT2D eigenvalue weighted by Gasteiger charge is -2.03. The lowest BCUT2D eigenvalue weighted by atomic mass is 10.1. The van der Waals surface area contributed by atoms with E-state index >= 15 is 0 Å². The third kappa shape index (κ3) is 4.63. The number of halogens is 1. The predicted molar refractivity (Wildman–Crippen MR) is 83.7 cm³/mol. The van der Waals surface area contributed by atoms with Crippen LogP contribution in [0.25, 0.3) is 17.3 Å². The minimum atomic E-state index is -0.334. The molecule has 1 unspecified atom stereocenters. The number of unbranched alkanes of at least 4 members (excludes halogenated alkanes) is 1. The molecule has 5 heteroatoms. The molecule has 0 bridgehead atoms. The van der Waals surface area contributed by atoms with Gasteiger partial charge in [0.25, 0.3) is 0 Å². The molecule has 0 aliphatic heterocycles. The monoisotopic (exact) mass is 302 g/mol. The second-order valence-electron chi connectivity index (χ2n) is 5.20. The summed E-state index contributed by atoms with van der Waals surface area (Å²) >= 11 is 0. The van der Waals surface area contributed by atoms with E-state index in [9.17, 15) is 4.39 Å². The van der Waals surface area contributed by atoms with Gasteiger partial charge in [0.05, 0.1) is 11.8 Å². The van der Waals surface area contributed by atoms with Crippen molar-refractivity contribution in [3.05, 3.63) is 47.8 Å². The standard InChI is InChI=1S/C17H19FN2O2/c1-12(21)5-3-2-4-6-13-7-8-14(11-15(13)18)16-9-10-17(22)20-19-16/h4,6-12,21H,2-3,5H2,1H3,(H,20,22)/b6-4+. The highest BCUT2D eigenvalue weighted by Gasteiger charge is 2.05. The van der Waals surface area contributed by atoms with Crippen LogP contribution in [0.5, 0.6) is 5.88 Å². The topological polar surface area (TPSA) is 66.2 Å². The molecule has 2 aromatic rings. The van der Waals surface area contributed by atoms with Crippen LogP contribution >= 0.6 is 0 Å². The summed E-state index contributed by atoms with van der Waals surface area (Å²) in [7, 11) is 0. The van der Waals surface area contributed by atoms with E-state index in [1.54, 1.807) is 31.2 Å². The van der Waals surface area contributed by atoms with Gasteiger partial charge in [0.1, 0.15) is 5.82 Å². The lowest BCUT2D eigenvalue weighted by Crippen LogP contribution is -1.97. The Balaban J connectivity index is 2.03. The second kappa shape index (κ2) is 7.66. The van der Waals surface area contributed by atoms with Gasteiger partial charge in [-0.15, -0.1) is 10.2 Å². The van der Waals surface area contributed by atoms with Crippen molar-refractivity contribution in [1.82, 2.24) is 10.2 Å². The molecule has 22 heavy (non-hydrogen) atoms. The van der Waals surface area contributed by atoms with Crippen LogP contribution in [-0.2, 0) is 0 Å². The van der Waals surface area contributed by atoms with Gasteiger partial charge in [-0.3, -0.25) is 0 Å². The Bertz CT molecular complexity index is 640. The van der Waals surface area contributed by atoms with Crippen LogP contribution in [0, 0.1) is 5.82 Å². The van der Waals surface area contributed by atoms with Crippen LogP contribution in [-0.4, -0.2) is 26.5 Å². The van der Waals surface area contributed by atoms with Gasteiger partial charge in [0, 0.05) is 17.2 Å². The first-order valence-corrected chi connectivity index (χ1v) is 7.23. The zero-order valence-electron chi connectivity index (χ0n) is 12.4. The highest BCUT2D eigenvalue weighted by molar-refractivity contribution is 5.62. The Labute approximate surface area is 129 Å². The Hall–Kier alpha value is -2.27. The van der Waals surface area contributed by atoms with Gasteiger partial charge >= 0.3 is 0 Å². The van der Waals surface area contributed by atoms with Crippen molar-refractivity contribution in [2.24, 2.45) is 0 Å². The summed E-state index contributed by atoms with van der Waals surface area (Å²) in [6.07, 6.45) is 5.76. The molecule has 0 spiro atoms. The van der Waals surface area contributed by atoms with Crippen LogP contribution in [0.15, 0.2) is 36.4 Å². The fraction of sp³-hybridized carbons (Fsp3) is 0.294. The van der Waals surface area contributed by atoms with Gasteiger partial charge < -0.3 is 10.2 Å². The fourth-order valence-electron chi connectivity index (χ4n) is 2.04. The molecule has 1 aromatic carbocycles. The van der Waals surface area contributed by atoms with Crippen LogP contribution in [0.2, 0.25) is 0 Å². The highest BCUT2D eigenvalue weighted by atomic mass is 19.1. The first-order valence-electron chi connectivity index (χ1n) is 7.23. The molecule has 0 aliphatic carbocycles. The number of aromatic hydroxyl groups is 1. The van der Waals surface area contributed by atoms with Crippen molar-refractivity contribution in [2.75, 3.05) is 0 Å². The van der Waals surface area contributed by atoms with Gasteiger partial charge in [-0.2, -0.15) is 0 Å². The van der Waals surface area contributed by atoms with Gasteiger partial charge in [0.2, 0.25) is 5.88 Å². The summed E-state index contributed by atoms with van der Waals surface area (Å²) < 4.78 is 14.1. The average Bonchev–Trinajstić information content (AvgIpc) is 2.49. The number of allylic oxidation sites excluding steroid dienone is 1. The molecule has 4 nitrogen and oxygen atoms in total. The van der Waals surface area contributed by atoms with Crippen LogP contribution in [0.4, 0.5) is 4.39 Å². The van der Waals surface area contributed by atoms with Crippen molar-refractivity contribution in [2.45, 2.75) is 32.3 Å². The fourth-order valence-corrected chi connectivity index (χ4v) is 2.04. The normalized spacial score (nSPS) is 12.7. The minimum Gasteiger partial charge on any atom is -0.492 e. The summed E-state index contributed by atoms with van der Waals surface area (Å²) in [4.78, 5) is 0. The summed E-state index contributed by atoms with van der Waals surface area (Å²) in [6, 6.07) is 7.85. The summed E-state index contributed by atoms with van der Waals surface area (Å²) in [5.74, 6) is -0.500. The van der Waals surface area contributed by atoms with E-state index in [1.165, 1.54) is 12.1 Å². The predicted octanol–water partition coefficient (Wildman–Crippen LogP) is 3.55. The first-order chi connectivity index (χ1) is 10.6. The molecular weight excluding hydrogens is 283 g/mol. The number of rotatable bonds is 6. The number of hydrogen-bond acceptors (Lipinski definition) is 4. The number of benzene rings is 1. The van der Waals surface area contributed by atoms with E-state index in [4.69, 9.17) is 10.2 Å². The van der Waals surface area contributed by atoms with Crippen molar-refractivity contribution in [3.8, 4) is 17.1 Å². The average molecular weight is 302 g/mol. The maximum atomic E-state index is 14.1. The lowest BCUT2D eigenvalue weighted by molar-refractivity contribution is 0.182. The molecular formula is C17H19FN2O2. The van der Waals surface area contributed by atoms with Crippen molar-refractivity contribution in [1.29, 1.82) is 0 Å². The van der Waals surface area contributed by atoms with Crippen LogP contribution in [0.1, 0.15) is 31.7 Å². The number of hydrogen-bond donors (Lipinski definition) is 2. The molecule has 0 amide bonds. The number of nitrogens with zero attached hydrogens (tertiary/aromatic N) is 2. The van der Waals surface area contributed by atoms with Crippen LogP contribution < -0.4 is 0 Å². The summed E-state index contributed by atoms with van der Waals surface area (Å²) in [5, 5.41) is 25.6. The SMILES string of the molecule is CC(O)CCC/C=C/c1ccc(-c2ccc(O)nn2)cc1F. The summed E-state index contributed by atoms with van der Waals surface area (Å²) in [5.41, 5.74) is 1.62. The van der Waals surface area contributed by atoms with Crippen molar-refractivity contribution in [3.63, 3.8) is 0 Å². The molecule has 0 radical (unpaired) electrons. The van der Waals surface area contributed by atoms with Gasteiger partial charge in [-0.05, 0) is 38.3 Å². The van der Waals surface area contributed by atoms with E-state index < -0.39 is 0 Å². The molecule has 0 saturated carbocycles. The van der Waals surface area contributed by atoms with E-state index in [2.05, 4.69) is 10.2 Å². The van der Waals surface area contributed by atoms with Crippen molar-refractivity contribution >= 4 is 6.08 Å². The largest absolute Gasteiger partial charge is 0.492 e. The number of aliphatic hydroxyl groups is 1. The molecule has 1 aromatic heterocycles. The molecule has 0 fully saturated rings. The first kappa shape index (κ1) is 16.1. The van der Waals surface area contributed by atoms with E-state index in [1.807, 2.05) is 6.08 Å².